The Labute approximate surface area is 103 Å². The molecular formula is C12H11NOS2. The zero-order valence-electron chi connectivity index (χ0n) is 8.64. The molecule has 1 fully saturated rings. The van der Waals surface area contributed by atoms with Crippen molar-refractivity contribution in [1.29, 1.82) is 5.26 Å². The Morgan fingerprint density at radius 1 is 1.25 bits per heavy atom. The Morgan fingerprint density at radius 2 is 1.88 bits per heavy atom. The molecule has 1 heterocycles. The minimum atomic E-state index is 0.263. The van der Waals surface area contributed by atoms with E-state index in [2.05, 4.69) is 6.07 Å². The first-order valence-corrected chi connectivity index (χ1v) is 6.93. The number of benzene rings is 1. The molecule has 0 atom stereocenters. The van der Waals surface area contributed by atoms with Gasteiger partial charge in [-0.2, -0.15) is 5.26 Å². The van der Waals surface area contributed by atoms with Crippen molar-refractivity contribution in [3.63, 3.8) is 0 Å². The van der Waals surface area contributed by atoms with E-state index in [9.17, 15) is 5.11 Å². The lowest BCUT2D eigenvalue weighted by Crippen LogP contribution is -1.89. The fraction of sp³-hybridized carbons (Fsp3) is 0.250. The second kappa shape index (κ2) is 5.33. The van der Waals surface area contributed by atoms with Crippen molar-refractivity contribution >= 4 is 23.5 Å². The van der Waals surface area contributed by atoms with Gasteiger partial charge in [-0.25, -0.2) is 0 Å². The third kappa shape index (κ3) is 2.75. The predicted molar refractivity (Wildman–Crippen MR) is 69.4 cm³/mol. The summed E-state index contributed by atoms with van der Waals surface area (Å²) in [6.45, 7) is 0. The maximum absolute atomic E-state index is 9.17. The summed E-state index contributed by atoms with van der Waals surface area (Å²) in [5, 5.41) is 18.3. The molecule has 0 unspecified atom stereocenters. The number of hydrogen-bond donors (Lipinski definition) is 1. The lowest BCUT2D eigenvalue weighted by Gasteiger charge is -2.03. The van der Waals surface area contributed by atoms with Crippen LogP contribution in [-0.4, -0.2) is 16.6 Å². The smallest absolute Gasteiger partial charge is 0.115 e. The van der Waals surface area contributed by atoms with Gasteiger partial charge < -0.3 is 5.11 Å². The summed E-state index contributed by atoms with van der Waals surface area (Å²) in [5.41, 5.74) is 1.91. The highest BCUT2D eigenvalue weighted by molar-refractivity contribution is 8.25. The van der Waals surface area contributed by atoms with Gasteiger partial charge in [0.2, 0.25) is 0 Å². The van der Waals surface area contributed by atoms with Gasteiger partial charge in [-0.3, -0.25) is 0 Å². The number of nitrogens with zero attached hydrogens (tertiary/aromatic N) is 1. The highest BCUT2D eigenvalue weighted by atomic mass is 32.2. The number of phenols is 1. The molecule has 0 saturated carbocycles. The molecule has 1 saturated heterocycles. The van der Waals surface area contributed by atoms with Crippen molar-refractivity contribution < 1.29 is 5.11 Å². The third-order valence-corrected chi connectivity index (χ3v) is 5.05. The Morgan fingerprint density at radius 3 is 2.44 bits per heavy atom. The molecule has 0 radical (unpaired) electrons. The number of hydrogen-bond acceptors (Lipinski definition) is 4. The molecular weight excluding hydrogens is 238 g/mol. The van der Waals surface area contributed by atoms with Crippen molar-refractivity contribution in [2.45, 2.75) is 6.42 Å². The Balaban J connectivity index is 2.16. The van der Waals surface area contributed by atoms with E-state index >= 15 is 0 Å². The van der Waals surface area contributed by atoms with E-state index in [0.29, 0.717) is 6.42 Å². The molecule has 0 bridgehead atoms. The number of nitriles is 1. The van der Waals surface area contributed by atoms with Gasteiger partial charge >= 0.3 is 0 Å². The summed E-state index contributed by atoms with van der Waals surface area (Å²) in [6, 6.07) is 9.31. The van der Waals surface area contributed by atoms with Crippen LogP contribution in [0.4, 0.5) is 0 Å². The molecule has 16 heavy (non-hydrogen) atoms. The van der Waals surface area contributed by atoms with Gasteiger partial charge in [-0.15, -0.1) is 23.5 Å². The Hall–Kier alpha value is -1.05. The van der Waals surface area contributed by atoms with E-state index in [1.165, 1.54) is 0 Å². The predicted octanol–water partition coefficient (Wildman–Crippen LogP) is 3.15. The zero-order chi connectivity index (χ0) is 11.4. The van der Waals surface area contributed by atoms with Crippen molar-refractivity contribution in [1.82, 2.24) is 0 Å². The van der Waals surface area contributed by atoms with Crippen LogP contribution in [0, 0.1) is 11.3 Å². The Kier molecular flexibility index (Phi) is 3.81. The molecule has 1 aliphatic rings. The van der Waals surface area contributed by atoms with Crippen LogP contribution in [-0.2, 0) is 6.42 Å². The van der Waals surface area contributed by atoms with E-state index in [1.807, 2.05) is 12.1 Å². The maximum Gasteiger partial charge on any atom is 0.115 e. The molecule has 1 aliphatic heterocycles. The molecule has 0 amide bonds. The molecule has 4 heteroatoms. The summed E-state index contributed by atoms with van der Waals surface area (Å²) in [5.74, 6) is 2.46. The van der Waals surface area contributed by atoms with Gasteiger partial charge in [0.05, 0.1) is 15.9 Å². The van der Waals surface area contributed by atoms with Crippen LogP contribution >= 0.6 is 23.5 Å². The number of allylic oxidation sites excluding steroid dienone is 1. The standard InChI is InChI=1S/C12H11NOS2/c13-8-10(12-15-5-6-16-12)7-9-1-3-11(14)4-2-9/h1-4,14H,5-7H2. The molecule has 2 nitrogen and oxygen atoms in total. The molecule has 82 valence electrons. The Bertz CT molecular complexity index is 437. The first-order chi connectivity index (χ1) is 7.79. The van der Waals surface area contributed by atoms with Crippen LogP contribution in [0.5, 0.6) is 5.75 Å². The van der Waals surface area contributed by atoms with Gasteiger partial charge in [0.15, 0.2) is 0 Å². The number of aromatic hydroxyl groups is 1. The average molecular weight is 249 g/mol. The minimum Gasteiger partial charge on any atom is -0.508 e. The molecule has 1 N–H and O–H groups in total. The monoisotopic (exact) mass is 249 g/mol. The highest BCUT2D eigenvalue weighted by Crippen LogP contribution is 2.39. The van der Waals surface area contributed by atoms with E-state index in [4.69, 9.17) is 5.26 Å². The molecule has 0 aliphatic carbocycles. The van der Waals surface area contributed by atoms with Gasteiger partial charge in [0.1, 0.15) is 5.75 Å². The van der Waals surface area contributed by atoms with Crippen molar-refractivity contribution in [2.24, 2.45) is 0 Å². The number of thioether (sulfide) groups is 2. The van der Waals surface area contributed by atoms with Crippen molar-refractivity contribution in [3.8, 4) is 11.8 Å². The SMILES string of the molecule is N#CC(Cc1ccc(O)cc1)=C1SCCS1. The largest absolute Gasteiger partial charge is 0.508 e. The lowest BCUT2D eigenvalue weighted by atomic mass is 10.1. The van der Waals surface area contributed by atoms with Crippen LogP contribution in [0.25, 0.3) is 0 Å². The van der Waals surface area contributed by atoms with Crippen molar-refractivity contribution in [3.05, 3.63) is 39.6 Å². The van der Waals surface area contributed by atoms with Crippen molar-refractivity contribution in [2.75, 3.05) is 11.5 Å². The van der Waals surface area contributed by atoms with Crippen LogP contribution in [0.2, 0.25) is 0 Å². The summed E-state index contributed by atoms with van der Waals surface area (Å²) in [4.78, 5) is 0. The molecule has 0 spiro atoms. The first-order valence-electron chi connectivity index (χ1n) is 4.96. The summed E-state index contributed by atoms with van der Waals surface area (Å²) < 4.78 is 1.16. The number of phenolic OH excluding ortho intramolecular Hbond substituents is 1. The third-order valence-electron chi connectivity index (χ3n) is 2.25. The fourth-order valence-electron chi connectivity index (χ4n) is 1.46. The molecule has 2 rings (SSSR count). The fourth-order valence-corrected chi connectivity index (χ4v) is 3.91. The van der Waals surface area contributed by atoms with Crippen LogP contribution in [0.15, 0.2) is 34.1 Å². The zero-order valence-corrected chi connectivity index (χ0v) is 10.3. The van der Waals surface area contributed by atoms with Gasteiger partial charge in [0, 0.05) is 17.9 Å². The maximum atomic E-state index is 9.17. The molecule has 1 aromatic rings. The molecule has 1 aromatic carbocycles. The highest BCUT2D eigenvalue weighted by Gasteiger charge is 2.14. The van der Waals surface area contributed by atoms with Gasteiger partial charge in [0.25, 0.3) is 0 Å². The van der Waals surface area contributed by atoms with E-state index in [0.717, 1.165) is 26.9 Å². The molecule has 0 aromatic heterocycles. The van der Waals surface area contributed by atoms with Crippen LogP contribution in [0.1, 0.15) is 5.56 Å². The van der Waals surface area contributed by atoms with E-state index in [-0.39, 0.29) is 5.75 Å². The second-order valence-electron chi connectivity index (χ2n) is 3.42. The minimum absolute atomic E-state index is 0.263. The van der Waals surface area contributed by atoms with E-state index < -0.39 is 0 Å². The van der Waals surface area contributed by atoms with Crippen LogP contribution < -0.4 is 0 Å². The average Bonchev–Trinajstić information content (AvgIpc) is 2.82. The number of rotatable bonds is 2. The lowest BCUT2D eigenvalue weighted by molar-refractivity contribution is 0.475. The summed E-state index contributed by atoms with van der Waals surface area (Å²) in [6.07, 6.45) is 0.659. The topological polar surface area (TPSA) is 44.0 Å². The second-order valence-corrected chi connectivity index (χ2v) is 5.89. The summed E-state index contributed by atoms with van der Waals surface area (Å²) in [7, 11) is 0. The summed E-state index contributed by atoms with van der Waals surface area (Å²) >= 11 is 3.54. The quantitative estimate of drug-likeness (QED) is 0.818. The van der Waals surface area contributed by atoms with Gasteiger partial charge in [-0.1, -0.05) is 12.1 Å². The first kappa shape index (κ1) is 11.4. The normalized spacial score (nSPS) is 14.8. The van der Waals surface area contributed by atoms with Crippen LogP contribution in [0.3, 0.4) is 0 Å². The van der Waals surface area contributed by atoms with E-state index in [1.54, 1.807) is 35.7 Å². The van der Waals surface area contributed by atoms with Gasteiger partial charge in [-0.05, 0) is 17.7 Å².